The number of rotatable bonds is 7. The number of hydrogen-bond acceptors (Lipinski definition) is 7. The van der Waals surface area contributed by atoms with Gasteiger partial charge in [0.25, 0.3) is 5.56 Å². The molecule has 0 saturated carbocycles. The molecule has 0 saturated heterocycles. The number of para-hydroxylation sites is 1. The van der Waals surface area contributed by atoms with Crippen LogP contribution in [0.1, 0.15) is 31.5 Å². The Morgan fingerprint density at radius 3 is 2.80 bits per heavy atom. The number of methoxy groups -OCH3 is 1. The Hall–Kier alpha value is -2.19. The van der Waals surface area contributed by atoms with E-state index in [0.29, 0.717) is 46.7 Å². The minimum atomic E-state index is -0.0708. The van der Waals surface area contributed by atoms with E-state index in [2.05, 4.69) is 15.1 Å². The monoisotopic (exact) mass is 360 g/mol. The first-order chi connectivity index (χ1) is 12.1. The van der Waals surface area contributed by atoms with Crippen molar-refractivity contribution in [3.63, 3.8) is 0 Å². The Bertz CT molecular complexity index is 920. The number of ether oxygens (including phenoxy) is 1. The summed E-state index contributed by atoms with van der Waals surface area (Å²) in [4.78, 5) is 21.8. The van der Waals surface area contributed by atoms with Crippen molar-refractivity contribution in [2.45, 2.75) is 37.2 Å². The van der Waals surface area contributed by atoms with Gasteiger partial charge in [-0.1, -0.05) is 42.9 Å². The SMILES string of the molecule is COCCn1c(SCc2nc(C(C)C)no2)nc2ccccc2c1=O. The van der Waals surface area contributed by atoms with Crippen LogP contribution in [0.3, 0.4) is 0 Å². The van der Waals surface area contributed by atoms with Crippen LogP contribution in [0.2, 0.25) is 0 Å². The Kier molecular flexibility index (Phi) is 5.50. The van der Waals surface area contributed by atoms with E-state index in [-0.39, 0.29) is 11.5 Å². The molecule has 7 nitrogen and oxygen atoms in total. The molecule has 8 heteroatoms. The van der Waals surface area contributed by atoms with Gasteiger partial charge in [0.15, 0.2) is 11.0 Å². The highest BCUT2D eigenvalue weighted by Crippen LogP contribution is 2.22. The Balaban J connectivity index is 1.91. The fourth-order valence-electron chi connectivity index (χ4n) is 2.33. The summed E-state index contributed by atoms with van der Waals surface area (Å²) in [5, 5.41) is 5.17. The molecular weight excluding hydrogens is 340 g/mol. The second-order valence-corrected chi connectivity index (χ2v) is 6.79. The molecule has 2 heterocycles. The van der Waals surface area contributed by atoms with Gasteiger partial charge in [0.2, 0.25) is 5.89 Å². The van der Waals surface area contributed by atoms with E-state index in [9.17, 15) is 4.79 Å². The van der Waals surface area contributed by atoms with Crippen LogP contribution in [0, 0.1) is 0 Å². The van der Waals surface area contributed by atoms with Crippen molar-refractivity contribution in [1.82, 2.24) is 19.7 Å². The molecule has 0 aliphatic rings. The lowest BCUT2D eigenvalue weighted by Gasteiger charge is -2.12. The van der Waals surface area contributed by atoms with Crippen molar-refractivity contribution in [2.24, 2.45) is 0 Å². The maximum absolute atomic E-state index is 12.8. The van der Waals surface area contributed by atoms with E-state index >= 15 is 0 Å². The van der Waals surface area contributed by atoms with Gasteiger partial charge in [-0.2, -0.15) is 4.98 Å². The molecular formula is C17H20N4O3S. The van der Waals surface area contributed by atoms with Crippen LogP contribution in [-0.4, -0.2) is 33.4 Å². The molecule has 0 atom stereocenters. The third-order valence-electron chi connectivity index (χ3n) is 3.67. The molecule has 3 rings (SSSR count). The molecule has 0 spiro atoms. The van der Waals surface area contributed by atoms with Gasteiger partial charge >= 0.3 is 0 Å². The smallest absolute Gasteiger partial charge is 0.262 e. The normalized spacial score (nSPS) is 11.5. The lowest BCUT2D eigenvalue weighted by molar-refractivity contribution is 0.183. The summed E-state index contributed by atoms with van der Waals surface area (Å²) in [5.41, 5.74) is 0.607. The molecule has 1 aromatic carbocycles. The molecule has 0 unspecified atom stereocenters. The molecule has 0 radical (unpaired) electrons. The van der Waals surface area contributed by atoms with Crippen LogP contribution in [0.4, 0.5) is 0 Å². The van der Waals surface area contributed by atoms with E-state index < -0.39 is 0 Å². The second kappa shape index (κ2) is 7.79. The summed E-state index contributed by atoms with van der Waals surface area (Å²) < 4.78 is 12.0. The lowest BCUT2D eigenvalue weighted by Crippen LogP contribution is -2.25. The van der Waals surface area contributed by atoms with E-state index in [1.165, 1.54) is 11.8 Å². The summed E-state index contributed by atoms with van der Waals surface area (Å²) in [6, 6.07) is 7.33. The average molecular weight is 360 g/mol. The van der Waals surface area contributed by atoms with Gasteiger partial charge in [0, 0.05) is 13.0 Å². The molecule has 132 valence electrons. The van der Waals surface area contributed by atoms with Crippen molar-refractivity contribution >= 4 is 22.7 Å². The van der Waals surface area contributed by atoms with Gasteiger partial charge in [-0.3, -0.25) is 9.36 Å². The highest BCUT2D eigenvalue weighted by molar-refractivity contribution is 7.98. The Morgan fingerprint density at radius 1 is 1.28 bits per heavy atom. The van der Waals surface area contributed by atoms with Crippen LogP contribution >= 0.6 is 11.8 Å². The number of aromatic nitrogens is 4. The van der Waals surface area contributed by atoms with Crippen LogP contribution in [0.25, 0.3) is 10.9 Å². The van der Waals surface area contributed by atoms with Gasteiger partial charge < -0.3 is 9.26 Å². The molecule has 25 heavy (non-hydrogen) atoms. The number of thioether (sulfide) groups is 1. The van der Waals surface area contributed by atoms with E-state index in [4.69, 9.17) is 9.26 Å². The molecule has 3 aromatic rings. The minimum Gasteiger partial charge on any atom is -0.383 e. The van der Waals surface area contributed by atoms with Gasteiger partial charge in [0.05, 0.1) is 29.8 Å². The summed E-state index contributed by atoms with van der Waals surface area (Å²) in [7, 11) is 1.61. The molecule has 0 aliphatic heterocycles. The van der Waals surface area contributed by atoms with E-state index in [0.717, 1.165) is 0 Å². The third-order valence-corrected chi connectivity index (χ3v) is 4.63. The molecule has 0 N–H and O–H groups in total. The summed E-state index contributed by atoms with van der Waals surface area (Å²) >= 11 is 1.40. The average Bonchev–Trinajstić information content (AvgIpc) is 3.09. The molecule has 0 bridgehead atoms. The zero-order valence-corrected chi connectivity index (χ0v) is 15.2. The van der Waals surface area contributed by atoms with Crippen LogP contribution in [0.5, 0.6) is 0 Å². The van der Waals surface area contributed by atoms with Crippen LogP contribution in [0.15, 0.2) is 38.7 Å². The van der Waals surface area contributed by atoms with Gasteiger partial charge in [-0.25, -0.2) is 4.98 Å². The van der Waals surface area contributed by atoms with Crippen molar-refractivity contribution in [2.75, 3.05) is 13.7 Å². The fourth-order valence-corrected chi connectivity index (χ4v) is 3.19. The second-order valence-electron chi connectivity index (χ2n) is 5.85. The first-order valence-electron chi connectivity index (χ1n) is 8.04. The third kappa shape index (κ3) is 3.91. The zero-order chi connectivity index (χ0) is 17.8. The number of benzene rings is 1. The van der Waals surface area contributed by atoms with Gasteiger partial charge in [-0.05, 0) is 12.1 Å². The van der Waals surface area contributed by atoms with Crippen molar-refractivity contribution in [1.29, 1.82) is 0 Å². The predicted octanol–water partition coefficient (Wildman–Crippen LogP) is 2.84. The van der Waals surface area contributed by atoms with Gasteiger partial charge in [-0.15, -0.1) is 0 Å². The number of fused-ring (bicyclic) bond motifs is 1. The van der Waals surface area contributed by atoms with Crippen LogP contribution < -0.4 is 5.56 Å². The quantitative estimate of drug-likeness (QED) is 0.473. The lowest BCUT2D eigenvalue weighted by atomic mass is 10.2. The highest BCUT2D eigenvalue weighted by atomic mass is 32.2. The Labute approximate surface area is 149 Å². The molecule has 0 aliphatic carbocycles. The number of hydrogen-bond donors (Lipinski definition) is 0. The largest absolute Gasteiger partial charge is 0.383 e. The topological polar surface area (TPSA) is 83.0 Å². The Morgan fingerprint density at radius 2 is 2.08 bits per heavy atom. The van der Waals surface area contributed by atoms with E-state index in [1.807, 2.05) is 32.0 Å². The molecule has 0 fully saturated rings. The zero-order valence-electron chi connectivity index (χ0n) is 14.4. The highest BCUT2D eigenvalue weighted by Gasteiger charge is 2.14. The van der Waals surface area contributed by atoms with Crippen LogP contribution in [-0.2, 0) is 17.0 Å². The standard InChI is InChI=1S/C17H20N4O3S/c1-11(2)15-19-14(24-20-15)10-25-17-18-13-7-5-4-6-12(13)16(22)21(17)8-9-23-3/h4-7,11H,8-10H2,1-3H3. The number of nitrogens with zero attached hydrogens (tertiary/aromatic N) is 4. The predicted molar refractivity (Wildman–Crippen MR) is 95.8 cm³/mol. The first kappa shape index (κ1) is 17.6. The van der Waals surface area contributed by atoms with Gasteiger partial charge in [0.1, 0.15) is 0 Å². The van der Waals surface area contributed by atoms with Crippen molar-refractivity contribution in [3.05, 3.63) is 46.3 Å². The fraction of sp³-hybridized carbons (Fsp3) is 0.412. The first-order valence-corrected chi connectivity index (χ1v) is 9.02. The minimum absolute atomic E-state index is 0.0708. The molecule has 0 amide bonds. The summed E-state index contributed by atoms with van der Waals surface area (Å²) in [6.45, 7) is 4.90. The maximum atomic E-state index is 12.8. The maximum Gasteiger partial charge on any atom is 0.262 e. The summed E-state index contributed by atoms with van der Waals surface area (Å²) in [6.07, 6.45) is 0. The molecule has 2 aromatic heterocycles. The van der Waals surface area contributed by atoms with Crippen molar-refractivity contribution in [3.8, 4) is 0 Å². The van der Waals surface area contributed by atoms with E-state index in [1.54, 1.807) is 17.7 Å². The summed E-state index contributed by atoms with van der Waals surface area (Å²) in [5.74, 6) is 1.87. The van der Waals surface area contributed by atoms with Crippen molar-refractivity contribution < 1.29 is 9.26 Å².